The van der Waals surface area contributed by atoms with Gasteiger partial charge in [-0.3, -0.25) is 0 Å². The SMILES string of the molecule is CCCCOc1ccc(C(c2ccc(OCC3CO3)cc2)c2ccc(OCC3CO3)cc2)cc1. The first-order chi connectivity index (χ1) is 16.8. The highest BCUT2D eigenvalue weighted by Gasteiger charge is 2.24. The van der Waals surface area contributed by atoms with Crippen LogP contribution in [0.25, 0.3) is 0 Å². The van der Waals surface area contributed by atoms with E-state index >= 15 is 0 Å². The average Bonchev–Trinajstić information content (AvgIpc) is 3.80. The van der Waals surface area contributed by atoms with Crippen molar-refractivity contribution in [2.24, 2.45) is 0 Å². The molecular weight excluding hydrogens is 428 g/mol. The maximum atomic E-state index is 5.87. The predicted octanol–water partition coefficient (Wildman–Crippen LogP) is 5.60. The Labute approximate surface area is 201 Å². The summed E-state index contributed by atoms with van der Waals surface area (Å²) < 4.78 is 28.0. The summed E-state index contributed by atoms with van der Waals surface area (Å²) in [4.78, 5) is 0. The number of hydrogen-bond acceptors (Lipinski definition) is 5. The zero-order valence-electron chi connectivity index (χ0n) is 19.7. The summed E-state index contributed by atoms with van der Waals surface area (Å²) in [5, 5.41) is 0. The van der Waals surface area contributed by atoms with Crippen molar-refractivity contribution in [3.05, 3.63) is 89.5 Å². The molecule has 2 fully saturated rings. The molecule has 5 heteroatoms. The fourth-order valence-corrected chi connectivity index (χ4v) is 3.89. The molecule has 0 aromatic heterocycles. The molecule has 0 N–H and O–H groups in total. The van der Waals surface area contributed by atoms with Crippen LogP contribution in [0.3, 0.4) is 0 Å². The van der Waals surface area contributed by atoms with Crippen LogP contribution in [0.2, 0.25) is 0 Å². The smallest absolute Gasteiger partial charge is 0.119 e. The van der Waals surface area contributed by atoms with Crippen LogP contribution in [0.1, 0.15) is 42.4 Å². The third kappa shape index (κ3) is 6.31. The molecule has 2 unspecified atom stereocenters. The van der Waals surface area contributed by atoms with E-state index in [9.17, 15) is 0 Å². The molecule has 0 radical (unpaired) electrons. The van der Waals surface area contributed by atoms with E-state index in [-0.39, 0.29) is 18.1 Å². The molecule has 3 aromatic carbocycles. The highest BCUT2D eigenvalue weighted by molar-refractivity contribution is 5.46. The predicted molar refractivity (Wildman–Crippen MR) is 131 cm³/mol. The van der Waals surface area contributed by atoms with E-state index in [1.165, 1.54) is 16.7 Å². The lowest BCUT2D eigenvalue weighted by molar-refractivity contribution is 0.263. The minimum absolute atomic E-state index is 0.0892. The molecule has 0 aliphatic carbocycles. The molecule has 2 heterocycles. The zero-order valence-corrected chi connectivity index (χ0v) is 19.7. The molecule has 2 aliphatic rings. The second-order valence-corrected chi connectivity index (χ2v) is 8.87. The quantitative estimate of drug-likeness (QED) is 0.189. The van der Waals surface area contributed by atoms with Gasteiger partial charge in [-0.1, -0.05) is 49.7 Å². The van der Waals surface area contributed by atoms with Gasteiger partial charge in [-0.2, -0.15) is 0 Å². The summed E-state index contributed by atoms with van der Waals surface area (Å²) >= 11 is 0. The van der Waals surface area contributed by atoms with Crippen LogP contribution >= 0.6 is 0 Å². The van der Waals surface area contributed by atoms with Crippen LogP contribution in [0.4, 0.5) is 0 Å². The minimum Gasteiger partial charge on any atom is -0.494 e. The fourth-order valence-electron chi connectivity index (χ4n) is 3.89. The lowest BCUT2D eigenvalue weighted by Crippen LogP contribution is -2.07. The second kappa shape index (κ2) is 10.9. The number of epoxide rings is 2. The molecule has 5 rings (SSSR count). The minimum atomic E-state index is 0.0892. The van der Waals surface area contributed by atoms with Crippen LogP contribution in [0, 0.1) is 0 Å². The molecule has 0 bridgehead atoms. The average molecular weight is 461 g/mol. The maximum absolute atomic E-state index is 5.87. The van der Waals surface area contributed by atoms with E-state index in [0.29, 0.717) is 13.2 Å². The number of unbranched alkanes of at least 4 members (excludes halogenated alkanes) is 1. The van der Waals surface area contributed by atoms with Gasteiger partial charge in [-0.15, -0.1) is 0 Å². The molecular formula is C29H32O5. The first kappa shape index (κ1) is 22.8. The molecule has 5 nitrogen and oxygen atoms in total. The van der Waals surface area contributed by atoms with Crippen molar-refractivity contribution in [3.8, 4) is 17.2 Å². The molecule has 34 heavy (non-hydrogen) atoms. The summed E-state index contributed by atoms with van der Waals surface area (Å²) in [6.07, 6.45) is 2.68. The van der Waals surface area contributed by atoms with Crippen molar-refractivity contribution < 1.29 is 23.7 Å². The molecule has 3 aromatic rings. The van der Waals surface area contributed by atoms with Crippen LogP contribution in [0.5, 0.6) is 17.2 Å². The summed E-state index contributed by atoms with van der Waals surface area (Å²) in [5.74, 6) is 2.73. The Morgan fingerprint density at radius 2 is 1.03 bits per heavy atom. The first-order valence-corrected chi connectivity index (χ1v) is 12.2. The number of ether oxygens (including phenoxy) is 5. The summed E-state index contributed by atoms with van der Waals surface area (Å²) in [7, 11) is 0. The monoisotopic (exact) mass is 460 g/mol. The van der Waals surface area contributed by atoms with E-state index in [0.717, 1.165) is 49.9 Å². The van der Waals surface area contributed by atoms with Crippen molar-refractivity contribution in [1.82, 2.24) is 0 Å². The topological polar surface area (TPSA) is 52.8 Å². The van der Waals surface area contributed by atoms with Gasteiger partial charge in [0.2, 0.25) is 0 Å². The van der Waals surface area contributed by atoms with Crippen LogP contribution in [-0.4, -0.2) is 45.2 Å². The van der Waals surface area contributed by atoms with Gasteiger partial charge in [0.1, 0.15) is 42.7 Å². The van der Waals surface area contributed by atoms with E-state index in [1.807, 2.05) is 24.3 Å². The van der Waals surface area contributed by atoms with E-state index in [2.05, 4.69) is 55.5 Å². The number of rotatable bonds is 13. The van der Waals surface area contributed by atoms with Gasteiger partial charge in [-0.05, 0) is 59.5 Å². The lowest BCUT2D eigenvalue weighted by atomic mass is 9.85. The second-order valence-electron chi connectivity index (χ2n) is 8.87. The fraction of sp³-hybridized carbons (Fsp3) is 0.379. The number of hydrogen-bond donors (Lipinski definition) is 0. The van der Waals surface area contributed by atoms with Crippen LogP contribution in [0.15, 0.2) is 72.8 Å². The standard InChI is InChI=1S/C29H32O5/c1-2-3-16-30-24-10-4-21(5-11-24)29(22-6-12-25(13-7-22)31-17-27-19-33-27)23-8-14-26(15-9-23)32-18-28-20-34-28/h4-15,27-29H,2-3,16-20H2,1H3. The first-order valence-electron chi connectivity index (χ1n) is 12.2. The van der Waals surface area contributed by atoms with Gasteiger partial charge in [0, 0.05) is 5.92 Å². The van der Waals surface area contributed by atoms with Crippen LogP contribution in [-0.2, 0) is 9.47 Å². The molecule has 0 spiro atoms. The summed E-state index contributed by atoms with van der Waals surface area (Å²) in [5.41, 5.74) is 3.62. The van der Waals surface area contributed by atoms with Crippen molar-refractivity contribution in [1.29, 1.82) is 0 Å². The van der Waals surface area contributed by atoms with Crippen molar-refractivity contribution in [2.75, 3.05) is 33.0 Å². The van der Waals surface area contributed by atoms with Crippen molar-refractivity contribution in [3.63, 3.8) is 0 Å². The van der Waals surface area contributed by atoms with Crippen LogP contribution < -0.4 is 14.2 Å². The molecule has 2 atom stereocenters. The normalized spacial score (nSPS) is 19.3. The van der Waals surface area contributed by atoms with Gasteiger partial charge in [0.15, 0.2) is 0 Å². The highest BCUT2D eigenvalue weighted by Crippen LogP contribution is 2.35. The van der Waals surface area contributed by atoms with Gasteiger partial charge in [0.25, 0.3) is 0 Å². The Morgan fingerprint density at radius 1 is 0.647 bits per heavy atom. The van der Waals surface area contributed by atoms with Crippen molar-refractivity contribution in [2.45, 2.75) is 37.9 Å². The highest BCUT2D eigenvalue weighted by atomic mass is 16.6. The lowest BCUT2D eigenvalue weighted by Gasteiger charge is -2.20. The third-order valence-electron chi connectivity index (χ3n) is 6.08. The zero-order chi connectivity index (χ0) is 23.2. The molecule has 0 saturated carbocycles. The van der Waals surface area contributed by atoms with Gasteiger partial charge >= 0.3 is 0 Å². The molecule has 178 valence electrons. The Morgan fingerprint density at radius 3 is 1.38 bits per heavy atom. The van der Waals surface area contributed by atoms with Gasteiger partial charge < -0.3 is 23.7 Å². The molecule has 2 aliphatic heterocycles. The summed E-state index contributed by atoms with van der Waals surface area (Å²) in [6.45, 7) is 5.73. The number of benzene rings is 3. The van der Waals surface area contributed by atoms with Crippen molar-refractivity contribution >= 4 is 0 Å². The third-order valence-corrected chi connectivity index (χ3v) is 6.08. The van der Waals surface area contributed by atoms with Gasteiger partial charge in [0.05, 0.1) is 19.8 Å². The van der Waals surface area contributed by atoms with Gasteiger partial charge in [-0.25, -0.2) is 0 Å². The molecule has 2 saturated heterocycles. The Balaban J connectivity index is 1.35. The Bertz CT molecular complexity index is 962. The Hall–Kier alpha value is -3.02. The largest absolute Gasteiger partial charge is 0.494 e. The van der Waals surface area contributed by atoms with E-state index in [1.54, 1.807) is 0 Å². The Kier molecular flexibility index (Phi) is 7.32. The molecule has 0 amide bonds. The van der Waals surface area contributed by atoms with E-state index < -0.39 is 0 Å². The summed E-state index contributed by atoms with van der Waals surface area (Å²) in [6, 6.07) is 25.2. The maximum Gasteiger partial charge on any atom is 0.119 e. The van der Waals surface area contributed by atoms with E-state index in [4.69, 9.17) is 23.7 Å².